The van der Waals surface area contributed by atoms with Gasteiger partial charge in [0.05, 0.1) is 0 Å². The van der Waals surface area contributed by atoms with E-state index in [2.05, 4.69) is 50.4 Å². The summed E-state index contributed by atoms with van der Waals surface area (Å²) in [5.74, 6) is 1.44. The van der Waals surface area contributed by atoms with E-state index in [-0.39, 0.29) is 43.1 Å². The molecule has 31 heavy (non-hydrogen) atoms. The molecule has 2 N–H and O–H groups in total. The van der Waals surface area contributed by atoms with E-state index in [1.165, 1.54) is 6.07 Å². The van der Waals surface area contributed by atoms with Gasteiger partial charge in [-0.25, -0.2) is 0 Å². The van der Waals surface area contributed by atoms with Gasteiger partial charge in [0.15, 0.2) is 17.5 Å². The predicted octanol–water partition coefficient (Wildman–Crippen LogP) is 3.87. The molecule has 0 aliphatic carbocycles. The van der Waals surface area contributed by atoms with Gasteiger partial charge >= 0.3 is 6.61 Å². The van der Waals surface area contributed by atoms with Gasteiger partial charge in [0.1, 0.15) is 5.75 Å². The van der Waals surface area contributed by atoms with Crippen LogP contribution in [0.25, 0.3) is 0 Å². The van der Waals surface area contributed by atoms with Crippen LogP contribution in [0.4, 0.5) is 14.5 Å². The van der Waals surface area contributed by atoms with E-state index in [0.29, 0.717) is 29.6 Å². The van der Waals surface area contributed by atoms with Gasteiger partial charge in [-0.1, -0.05) is 6.07 Å². The molecule has 0 fully saturated rings. The van der Waals surface area contributed by atoms with E-state index in [9.17, 15) is 8.78 Å². The van der Waals surface area contributed by atoms with Crippen LogP contribution in [0.2, 0.25) is 0 Å². The summed E-state index contributed by atoms with van der Waals surface area (Å²) >= 11 is 0. The molecule has 0 atom stereocenters. The second kappa shape index (κ2) is 11.2. The molecule has 0 spiro atoms. The second-order valence-corrected chi connectivity index (χ2v) is 6.98. The Morgan fingerprint density at radius 1 is 1.10 bits per heavy atom. The zero-order chi connectivity index (χ0) is 21.7. The smallest absolute Gasteiger partial charge is 0.387 e. The van der Waals surface area contributed by atoms with Gasteiger partial charge in [0.2, 0.25) is 6.79 Å². The van der Waals surface area contributed by atoms with Crippen LogP contribution in [0.1, 0.15) is 16.7 Å². The normalized spacial score (nSPS) is 12.4. The number of aryl methyl sites for hydroxylation is 1. The number of hydrogen-bond acceptors (Lipinski definition) is 5. The summed E-state index contributed by atoms with van der Waals surface area (Å²) < 4.78 is 40.8. The summed E-state index contributed by atoms with van der Waals surface area (Å²) in [6.45, 7) is -0.0387. The average molecular weight is 548 g/mol. The zero-order valence-electron chi connectivity index (χ0n) is 17.9. The Bertz CT molecular complexity index is 926. The molecular weight excluding hydrogens is 521 g/mol. The lowest BCUT2D eigenvalue weighted by Crippen LogP contribution is -2.36. The number of aliphatic imine (C=N–C) groups is 1. The Morgan fingerprint density at radius 3 is 2.32 bits per heavy atom. The summed E-state index contributed by atoms with van der Waals surface area (Å²) in [6, 6.07) is 9.29. The summed E-state index contributed by atoms with van der Waals surface area (Å²) in [4.78, 5) is 6.25. The molecule has 7 nitrogen and oxygen atoms in total. The van der Waals surface area contributed by atoms with Gasteiger partial charge in [0, 0.05) is 51.5 Å². The maximum absolute atomic E-state index is 12.8. The molecule has 0 radical (unpaired) electrons. The van der Waals surface area contributed by atoms with Crippen molar-refractivity contribution in [3.8, 4) is 17.2 Å². The van der Waals surface area contributed by atoms with Crippen LogP contribution in [-0.4, -0.2) is 40.5 Å². The van der Waals surface area contributed by atoms with Crippen molar-refractivity contribution in [3.63, 3.8) is 0 Å². The first kappa shape index (κ1) is 24.8. The zero-order valence-corrected chi connectivity index (χ0v) is 20.2. The lowest BCUT2D eigenvalue weighted by Gasteiger charge is -2.17. The Kier molecular flexibility index (Phi) is 8.96. The van der Waals surface area contributed by atoms with Crippen molar-refractivity contribution < 1.29 is 23.0 Å². The first-order valence-corrected chi connectivity index (χ1v) is 9.46. The monoisotopic (exact) mass is 548 g/mol. The minimum Gasteiger partial charge on any atom is -0.454 e. The van der Waals surface area contributed by atoms with E-state index in [1.807, 2.05) is 14.1 Å². The molecule has 0 aromatic heterocycles. The van der Waals surface area contributed by atoms with E-state index < -0.39 is 6.61 Å². The summed E-state index contributed by atoms with van der Waals surface area (Å²) in [5.41, 5.74) is 3.93. The standard InChI is InChI=1S/C21H26F2N4O3.HI/c1-13-7-16(27(3)4)6-5-14(13)10-25-21(24-2)26-11-15-8-18-19(29-12-28-18)9-17(15)30-20(22)23;/h5-9,20H,10-12H2,1-4H3,(H2,24,25,26);1H. The van der Waals surface area contributed by atoms with E-state index >= 15 is 0 Å². The molecule has 0 bridgehead atoms. The fourth-order valence-electron chi connectivity index (χ4n) is 3.04. The van der Waals surface area contributed by atoms with Crippen molar-refractivity contribution in [1.29, 1.82) is 0 Å². The molecule has 3 rings (SSSR count). The van der Waals surface area contributed by atoms with Crippen LogP contribution >= 0.6 is 24.0 Å². The van der Waals surface area contributed by atoms with Crippen molar-refractivity contribution in [2.45, 2.75) is 26.6 Å². The molecule has 0 saturated carbocycles. The Hall–Kier alpha value is -2.50. The van der Waals surface area contributed by atoms with Crippen LogP contribution < -0.4 is 29.7 Å². The molecule has 1 aliphatic rings. The number of fused-ring (bicyclic) bond motifs is 1. The second-order valence-electron chi connectivity index (χ2n) is 6.98. The highest BCUT2D eigenvalue weighted by Gasteiger charge is 2.20. The third kappa shape index (κ3) is 6.49. The number of hydrogen-bond donors (Lipinski definition) is 2. The number of benzene rings is 2. The lowest BCUT2D eigenvalue weighted by atomic mass is 10.1. The number of rotatable bonds is 7. The first-order chi connectivity index (χ1) is 14.4. The largest absolute Gasteiger partial charge is 0.454 e. The van der Waals surface area contributed by atoms with Crippen molar-refractivity contribution in [2.75, 3.05) is 32.8 Å². The fraction of sp³-hybridized carbons (Fsp3) is 0.381. The number of halogens is 3. The highest BCUT2D eigenvalue weighted by atomic mass is 127. The highest BCUT2D eigenvalue weighted by molar-refractivity contribution is 14.0. The van der Waals surface area contributed by atoms with Crippen molar-refractivity contribution in [2.24, 2.45) is 4.99 Å². The van der Waals surface area contributed by atoms with E-state index in [1.54, 1.807) is 13.1 Å². The molecule has 0 unspecified atom stereocenters. The van der Waals surface area contributed by atoms with Gasteiger partial charge in [0.25, 0.3) is 0 Å². The minimum atomic E-state index is -2.94. The Balaban J connectivity index is 0.00000341. The number of nitrogens with one attached hydrogen (secondary N) is 2. The molecule has 0 saturated heterocycles. The maximum atomic E-state index is 12.8. The number of nitrogens with zero attached hydrogens (tertiary/aromatic N) is 2. The number of ether oxygens (including phenoxy) is 3. The number of alkyl halides is 2. The van der Waals surface area contributed by atoms with Crippen LogP contribution in [0.5, 0.6) is 17.2 Å². The van der Waals surface area contributed by atoms with Crippen molar-refractivity contribution >= 4 is 35.6 Å². The SMILES string of the molecule is CN=C(NCc1ccc(N(C)C)cc1C)NCc1cc2c(cc1OC(F)F)OCO2.I. The lowest BCUT2D eigenvalue weighted by molar-refractivity contribution is -0.0505. The Morgan fingerprint density at radius 2 is 1.74 bits per heavy atom. The van der Waals surface area contributed by atoms with Crippen LogP contribution in [0, 0.1) is 6.92 Å². The van der Waals surface area contributed by atoms with Crippen molar-refractivity contribution in [3.05, 3.63) is 47.0 Å². The van der Waals surface area contributed by atoms with Crippen molar-refractivity contribution in [1.82, 2.24) is 10.6 Å². The van der Waals surface area contributed by atoms with Gasteiger partial charge in [-0.15, -0.1) is 24.0 Å². The van der Waals surface area contributed by atoms with Gasteiger partial charge in [-0.3, -0.25) is 4.99 Å². The summed E-state index contributed by atoms with van der Waals surface area (Å²) in [5, 5.41) is 6.36. The van der Waals surface area contributed by atoms with E-state index in [0.717, 1.165) is 16.8 Å². The van der Waals surface area contributed by atoms with Crippen LogP contribution in [0.15, 0.2) is 35.3 Å². The molecule has 2 aromatic carbocycles. The molecule has 1 aliphatic heterocycles. The minimum absolute atomic E-state index is 0. The van der Waals surface area contributed by atoms with Crippen LogP contribution in [0.3, 0.4) is 0 Å². The third-order valence-electron chi connectivity index (χ3n) is 4.73. The topological polar surface area (TPSA) is 67.4 Å². The number of guanidine groups is 1. The quantitative estimate of drug-likeness (QED) is 0.311. The summed E-state index contributed by atoms with van der Waals surface area (Å²) in [6.07, 6.45) is 0. The molecule has 10 heteroatoms. The van der Waals surface area contributed by atoms with E-state index in [4.69, 9.17) is 9.47 Å². The molecule has 1 heterocycles. The Labute approximate surface area is 197 Å². The van der Waals surface area contributed by atoms with Gasteiger partial charge < -0.3 is 29.7 Å². The molecular formula is C21H27F2IN4O3. The number of anilines is 1. The fourth-order valence-corrected chi connectivity index (χ4v) is 3.04. The molecule has 2 aromatic rings. The average Bonchev–Trinajstić information content (AvgIpc) is 3.15. The highest BCUT2D eigenvalue weighted by Crippen LogP contribution is 2.38. The first-order valence-electron chi connectivity index (χ1n) is 9.46. The summed E-state index contributed by atoms with van der Waals surface area (Å²) in [7, 11) is 5.65. The maximum Gasteiger partial charge on any atom is 0.387 e. The third-order valence-corrected chi connectivity index (χ3v) is 4.73. The predicted molar refractivity (Wildman–Crippen MR) is 127 cm³/mol. The van der Waals surface area contributed by atoms with Gasteiger partial charge in [-0.2, -0.15) is 8.78 Å². The molecule has 170 valence electrons. The van der Waals surface area contributed by atoms with Gasteiger partial charge in [-0.05, 0) is 36.2 Å². The molecule has 0 amide bonds. The van der Waals surface area contributed by atoms with Crippen LogP contribution in [-0.2, 0) is 13.1 Å².